The van der Waals surface area contributed by atoms with Crippen molar-refractivity contribution in [1.82, 2.24) is 20.6 Å². The van der Waals surface area contributed by atoms with Crippen LogP contribution in [0, 0.1) is 12.7 Å². The lowest BCUT2D eigenvalue weighted by atomic mass is 10.2. The summed E-state index contributed by atoms with van der Waals surface area (Å²) in [5.41, 5.74) is 1.57. The molecule has 8 heteroatoms. The van der Waals surface area contributed by atoms with Gasteiger partial charge in [-0.2, -0.15) is 0 Å². The van der Waals surface area contributed by atoms with Gasteiger partial charge >= 0.3 is 0 Å². The number of aliphatic imine (C=N–C) groups is 1. The average molecular weight is 373 g/mol. The predicted molar refractivity (Wildman–Crippen MR) is 101 cm³/mol. The molecule has 0 saturated carbocycles. The monoisotopic (exact) mass is 373 g/mol. The standard InChI is InChI=1S/C18H20FN5OS/c1-12-9-22-16(26-12)10-23-18(20-2)21-8-7-15-11-25-17(24-15)13-3-5-14(19)6-4-13/h3-6,9,11H,7-8,10H2,1-2H3,(H2,20,21,23). The molecule has 3 aromatic rings. The quantitative estimate of drug-likeness (QED) is 0.513. The van der Waals surface area contributed by atoms with Gasteiger partial charge in [-0.15, -0.1) is 11.3 Å². The van der Waals surface area contributed by atoms with Crippen LogP contribution in [0.3, 0.4) is 0 Å². The molecule has 0 fully saturated rings. The molecule has 2 heterocycles. The summed E-state index contributed by atoms with van der Waals surface area (Å²) in [5, 5.41) is 7.48. The second kappa shape index (κ2) is 8.57. The number of benzene rings is 1. The summed E-state index contributed by atoms with van der Waals surface area (Å²) in [5.74, 6) is 0.915. The summed E-state index contributed by atoms with van der Waals surface area (Å²) in [6.45, 7) is 3.33. The minimum Gasteiger partial charge on any atom is -0.444 e. The number of aryl methyl sites for hydroxylation is 1. The van der Waals surface area contributed by atoms with E-state index in [2.05, 4.69) is 25.6 Å². The molecule has 6 nitrogen and oxygen atoms in total. The van der Waals surface area contributed by atoms with Crippen molar-refractivity contribution in [2.45, 2.75) is 19.9 Å². The Balaban J connectivity index is 1.47. The maximum Gasteiger partial charge on any atom is 0.226 e. The van der Waals surface area contributed by atoms with Gasteiger partial charge < -0.3 is 15.1 Å². The molecule has 1 aromatic carbocycles. The van der Waals surface area contributed by atoms with E-state index in [0.717, 1.165) is 16.3 Å². The van der Waals surface area contributed by atoms with Gasteiger partial charge in [0.15, 0.2) is 5.96 Å². The molecule has 0 aliphatic carbocycles. The number of hydrogen-bond acceptors (Lipinski definition) is 5. The molecule has 0 bridgehead atoms. The fourth-order valence-electron chi connectivity index (χ4n) is 2.32. The second-order valence-corrected chi connectivity index (χ2v) is 6.94. The van der Waals surface area contributed by atoms with E-state index in [1.807, 2.05) is 13.1 Å². The Morgan fingerprint density at radius 2 is 2.08 bits per heavy atom. The van der Waals surface area contributed by atoms with Crippen molar-refractivity contribution in [2.24, 2.45) is 4.99 Å². The highest BCUT2D eigenvalue weighted by Gasteiger charge is 2.07. The number of guanidine groups is 1. The normalized spacial score (nSPS) is 11.6. The third-order valence-corrected chi connectivity index (χ3v) is 4.53. The molecule has 0 aliphatic heterocycles. The van der Waals surface area contributed by atoms with E-state index in [0.29, 0.717) is 31.4 Å². The van der Waals surface area contributed by atoms with E-state index in [1.165, 1.54) is 17.0 Å². The summed E-state index contributed by atoms with van der Waals surface area (Å²) in [6, 6.07) is 6.07. The summed E-state index contributed by atoms with van der Waals surface area (Å²) in [7, 11) is 1.73. The minimum atomic E-state index is -0.281. The summed E-state index contributed by atoms with van der Waals surface area (Å²) in [6.07, 6.45) is 4.16. The van der Waals surface area contributed by atoms with Gasteiger partial charge in [0.25, 0.3) is 0 Å². The van der Waals surface area contributed by atoms with Crippen LogP contribution in [-0.4, -0.2) is 29.5 Å². The van der Waals surface area contributed by atoms with Crippen LogP contribution in [0.1, 0.15) is 15.6 Å². The summed E-state index contributed by atoms with van der Waals surface area (Å²) < 4.78 is 18.4. The fraction of sp³-hybridized carbons (Fsp3) is 0.278. The molecule has 0 saturated heterocycles. The lowest BCUT2D eigenvalue weighted by molar-refractivity contribution is 0.571. The first-order valence-corrected chi connectivity index (χ1v) is 9.02. The Kier molecular flexibility index (Phi) is 5.96. The van der Waals surface area contributed by atoms with Crippen molar-refractivity contribution < 1.29 is 8.81 Å². The first-order chi connectivity index (χ1) is 12.6. The SMILES string of the molecule is CN=C(NCCc1coc(-c2ccc(F)cc2)n1)NCc1ncc(C)s1. The van der Waals surface area contributed by atoms with Gasteiger partial charge in [0.2, 0.25) is 5.89 Å². The maximum absolute atomic E-state index is 13.0. The van der Waals surface area contributed by atoms with Crippen molar-refractivity contribution in [1.29, 1.82) is 0 Å². The van der Waals surface area contributed by atoms with Gasteiger partial charge in [-0.25, -0.2) is 14.4 Å². The Bertz CT molecular complexity index is 872. The summed E-state index contributed by atoms with van der Waals surface area (Å²) in [4.78, 5) is 14.1. The van der Waals surface area contributed by atoms with Crippen LogP contribution in [0.4, 0.5) is 4.39 Å². The Hall–Kier alpha value is -2.74. The molecular formula is C18H20FN5OS. The largest absolute Gasteiger partial charge is 0.444 e. The Labute approximate surface area is 155 Å². The number of nitrogens with zero attached hydrogens (tertiary/aromatic N) is 3. The van der Waals surface area contributed by atoms with Gasteiger partial charge in [-0.05, 0) is 31.2 Å². The zero-order chi connectivity index (χ0) is 18.4. The third kappa shape index (κ3) is 4.89. The van der Waals surface area contributed by atoms with Gasteiger partial charge in [0, 0.05) is 36.7 Å². The molecule has 2 aromatic heterocycles. The first-order valence-electron chi connectivity index (χ1n) is 8.20. The molecule has 0 atom stereocenters. The van der Waals surface area contributed by atoms with Gasteiger partial charge in [-0.3, -0.25) is 4.99 Å². The van der Waals surface area contributed by atoms with Crippen molar-refractivity contribution in [3.05, 3.63) is 58.1 Å². The number of hydrogen-bond donors (Lipinski definition) is 2. The van der Waals surface area contributed by atoms with Crippen LogP contribution >= 0.6 is 11.3 Å². The molecule has 136 valence electrons. The molecule has 0 radical (unpaired) electrons. The zero-order valence-electron chi connectivity index (χ0n) is 14.6. The molecule has 0 spiro atoms. The number of nitrogens with one attached hydrogen (secondary N) is 2. The lowest BCUT2D eigenvalue weighted by Gasteiger charge is -2.09. The number of aromatic nitrogens is 2. The van der Waals surface area contributed by atoms with Crippen molar-refractivity contribution in [3.63, 3.8) is 0 Å². The molecule has 0 unspecified atom stereocenters. The smallest absolute Gasteiger partial charge is 0.226 e. The van der Waals surface area contributed by atoms with E-state index in [1.54, 1.807) is 36.8 Å². The van der Waals surface area contributed by atoms with E-state index in [4.69, 9.17) is 4.42 Å². The Morgan fingerprint density at radius 1 is 1.27 bits per heavy atom. The lowest BCUT2D eigenvalue weighted by Crippen LogP contribution is -2.37. The predicted octanol–water partition coefficient (Wildman–Crippen LogP) is 3.15. The van der Waals surface area contributed by atoms with Crippen molar-refractivity contribution >= 4 is 17.3 Å². The van der Waals surface area contributed by atoms with Crippen LogP contribution in [-0.2, 0) is 13.0 Å². The highest BCUT2D eigenvalue weighted by atomic mass is 32.1. The molecular weight excluding hydrogens is 353 g/mol. The fourth-order valence-corrected chi connectivity index (χ4v) is 3.05. The van der Waals surface area contributed by atoms with Crippen molar-refractivity contribution in [2.75, 3.05) is 13.6 Å². The van der Waals surface area contributed by atoms with Gasteiger partial charge in [-0.1, -0.05) is 0 Å². The Morgan fingerprint density at radius 3 is 2.77 bits per heavy atom. The van der Waals surface area contributed by atoms with E-state index < -0.39 is 0 Å². The number of thiazole rings is 1. The second-order valence-electron chi connectivity index (χ2n) is 5.62. The topological polar surface area (TPSA) is 75.3 Å². The summed E-state index contributed by atoms with van der Waals surface area (Å²) >= 11 is 1.66. The number of halogens is 1. The molecule has 26 heavy (non-hydrogen) atoms. The molecule has 0 amide bonds. The number of rotatable bonds is 6. The molecule has 0 aliphatic rings. The minimum absolute atomic E-state index is 0.281. The van der Waals surface area contributed by atoms with E-state index in [9.17, 15) is 4.39 Å². The van der Waals surface area contributed by atoms with Gasteiger partial charge in [0.1, 0.15) is 17.1 Å². The van der Waals surface area contributed by atoms with E-state index in [-0.39, 0.29) is 5.82 Å². The molecule has 2 N–H and O–H groups in total. The van der Waals surface area contributed by atoms with Crippen LogP contribution in [0.5, 0.6) is 0 Å². The maximum atomic E-state index is 13.0. The average Bonchev–Trinajstić information content (AvgIpc) is 3.28. The highest BCUT2D eigenvalue weighted by Crippen LogP contribution is 2.19. The third-order valence-electron chi connectivity index (χ3n) is 3.62. The van der Waals surface area contributed by atoms with Crippen LogP contribution in [0.25, 0.3) is 11.5 Å². The van der Waals surface area contributed by atoms with Crippen molar-refractivity contribution in [3.8, 4) is 11.5 Å². The number of oxazole rings is 1. The van der Waals surface area contributed by atoms with Crippen LogP contribution in [0.2, 0.25) is 0 Å². The van der Waals surface area contributed by atoms with Crippen LogP contribution in [0.15, 0.2) is 46.1 Å². The van der Waals surface area contributed by atoms with Crippen LogP contribution < -0.4 is 10.6 Å². The van der Waals surface area contributed by atoms with E-state index >= 15 is 0 Å². The highest BCUT2D eigenvalue weighted by molar-refractivity contribution is 7.11. The first kappa shape index (κ1) is 18.1. The molecule has 3 rings (SSSR count). The van der Waals surface area contributed by atoms with Gasteiger partial charge in [0.05, 0.1) is 12.2 Å². The zero-order valence-corrected chi connectivity index (χ0v) is 15.4.